The fourth-order valence-electron chi connectivity index (χ4n) is 4.84. The average Bonchev–Trinajstić information content (AvgIpc) is 3.14. The molecule has 6 rings (SSSR count). The second-order valence-corrected chi connectivity index (χ2v) is 12.7. The van der Waals surface area contributed by atoms with Gasteiger partial charge in [-0.15, -0.1) is 10.2 Å². The molecule has 16 nitrogen and oxygen atoms in total. The molecule has 0 atom stereocenters. The van der Waals surface area contributed by atoms with E-state index in [0.29, 0.717) is 39.1 Å². The number of nitrogen functional groups attached to an aromatic ring is 2. The third kappa shape index (κ3) is 9.34. The van der Waals surface area contributed by atoms with E-state index in [2.05, 4.69) is 36.0 Å². The predicted octanol–water partition coefficient (Wildman–Crippen LogP) is 6.16. The third-order valence-corrected chi connectivity index (χ3v) is 8.45. The SMILES string of the molecule is Nc1ccc(N=Nc2ccc(C(=O)Nc3ccc4cc(S(=O)(=O)O)ccc4c3)cc2)c(N)c1N=Nc1ccc(N=Nc2ccc(O)c(C(=O)O)c2)cc1.[Na+]. The summed E-state index contributed by atoms with van der Waals surface area (Å²) in [6, 6.07) is 29.0. The van der Waals surface area contributed by atoms with Crippen molar-refractivity contribution in [2.75, 3.05) is 16.8 Å². The Morgan fingerprint density at radius 2 is 1.19 bits per heavy atom. The third-order valence-electron chi connectivity index (χ3n) is 7.60. The predicted molar refractivity (Wildman–Crippen MR) is 197 cm³/mol. The number of aromatic carboxylic acids is 1. The number of carboxylic acids is 1. The molecule has 264 valence electrons. The molecule has 0 fully saturated rings. The fourth-order valence-corrected chi connectivity index (χ4v) is 5.35. The van der Waals surface area contributed by atoms with Crippen LogP contribution in [-0.4, -0.2) is 35.1 Å². The van der Waals surface area contributed by atoms with Crippen LogP contribution in [0.25, 0.3) is 10.8 Å². The van der Waals surface area contributed by atoms with Crippen molar-refractivity contribution < 1.29 is 62.3 Å². The Morgan fingerprint density at radius 3 is 1.83 bits per heavy atom. The van der Waals surface area contributed by atoms with Crippen LogP contribution >= 0.6 is 0 Å². The van der Waals surface area contributed by atoms with Crippen molar-refractivity contribution in [1.82, 2.24) is 0 Å². The number of nitrogens with two attached hydrogens (primary N) is 2. The maximum Gasteiger partial charge on any atom is 1.00 e. The van der Waals surface area contributed by atoms with E-state index in [1.807, 2.05) is 0 Å². The van der Waals surface area contributed by atoms with Gasteiger partial charge in [-0.05, 0) is 114 Å². The average molecular weight is 753 g/mol. The van der Waals surface area contributed by atoms with Gasteiger partial charge in [0, 0.05) is 11.3 Å². The topological polar surface area (TPSA) is 267 Å². The molecule has 0 bridgehead atoms. The summed E-state index contributed by atoms with van der Waals surface area (Å²) in [5.41, 5.74) is 15.4. The Bertz CT molecular complexity index is 2600. The van der Waals surface area contributed by atoms with Crippen LogP contribution in [0.4, 0.5) is 51.2 Å². The summed E-state index contributed by atoms with van der Waals surface area (Å²) < 4.78 is 32.1. The van der Waals surface area contributed by atoms with Crippen LogP contribution < -0.4 is 46.3 Å². The van der Waals surface area contributed by atoms with Gasteiger partial charge in [0.25, 0.3) is 16.0 Å². The molecule has 0 aliphatic heterocycles. The molecule has 0 aliphatic rings. The minimum atomic E-state index is -4.33. The minimum Gasteiger partial charge on any atom is -0.507 e. The fraction of sp³-hybridized carbons (Fsp3) is 0. The first-order valence-electron chi connectivity index (χ1n) is 15.4. The van der Waals surface area contributed by atoms with Crippen LogP contribution in [0.3, 0.4) is 0 Å². The van der Waals surface area contributed by atoms with Crippen molar-refractivity contribution in [2.45, 2.75) is 4.90 Å². The number of fused-ring (bicyclic) bond motifs is 1. The van der Waals surface area contributed by atoms with Crippen LogP contribution in [0.15, 0.2) is 151 Å². The van der Waals surface area contributed by atoms with Crippen molar-refractivity contribution >= 4 is 84.0 Å². The second-order valence-electron chi connectivity index (χ2n) is 11.3. The van der Waals surface area contributed by atoms with Crippen molar-refractivity contribution in [2.24, 2.45) is 30.7 Å². The maximum absolute atomic E-state index is 12.9. The number of hydrogen-bond acceptors (Lipinski definition) is 13. The van der Waals surface area contributed by atoms with E-state index in [1.54, 1.807) is 78.9 Å². The number of hydrogen-bond donors (Lipinski definition) is 6. The largest absolute Gasteiger partial charge is 1.00 e. The number of carbonyl (C=O) groups is 2. The molecule has 0 unspecified atom stereocenters. The summed E-state index contributed by atoms with van der Waals surface area (Å²) >= 11 is 0. The molecule has 18 heteroatoms. The van der Waals surface area contributed by atoms with Crippen LogP contribution in [0, 0.1) is 0 Å². The van der Waals surface area contributed by atoms with Gasteiger partial charge in [-0.2, -0.15) is 28.9 Å². The molecule has 0 heterocycles. The standard InChI is InChI=1S/C36H27N9O7S.Na/c37-30-14-15-31(33(38)34(30)45-42-25-10-8-24(9-11-25)40-43-27-12-16-32(46)29(19-27)36(48)49)44-41-23-5-1-20(2-6-23)35(47)39-26-7-3-22-18-28(53(50,51)52)13-4-21(22)17-26;/h1-19,46H,37-38H2,(H,39,47)(H,48,49)(H,50,51,52);/q;+1. The molecular weight excluding hydrogens is 726 g/mol. The molecule has 0 aliphatic carbocycles. The summed E-state index contributed by atoms with van der Waals surface area (Å²) in [7, 11) is -4.33. The van der Waals surface area contributed by atoms with E-state index in [-0.39, 0.29) is 80.1 Å². The van der Waals surface area contributed by atoms with Crippen LogP contribution in [0.5, 0.6) is 5.75 Å². The Kier molecular flexibility index (Phi) is 11.9. The van der Waals surface area contributed by atoms with Gasteiger partial charge in [0.15, 0.2) is 0 Å². The van der Waals surface area contributed by atoms with Crippen molar-refractivity contribution in [1.29, 1.82) is 0 Å². The number of aromatic hydroxyl groups is 1. The first-order chi connectivity index (χ1) is 25.3. The van der Waals surface area contributed by atoms with E-state index in [1.165, 1.54) is 36.4 Å². The number of nitrogens with one attached hydrogen (secondary N) is 1. The molecule has 0 saturated heterocycles. The summed E-state index contributed by atoms with van der Waals surface area (Å²) in [6.07, 6.45) is 0. The number of azo groups is 3. The van der Waals surface area contributed by atoms with Crippen molar-refractivity contribution in [3.8, 4) is 5.75 Å². The monoisotopic (exact) mass is 752 g/mol. The van der Waals surface area contributed by atoms with Gasteiger partial charge in [-0.1, -0.05) is 12.1 Å². The Balaban J connectivity index is 0.00000561. The Labute approximate surface area is 329 Å². The van der Waals surface area contributed by atoms with E-state index < -0.39 is 16.1 Å². The summed E-state index contributed by atoms with van der Waals surface area (Å²) in [5, 5.41) is 47.8. The van der Waals surface area contributed by atoms with E-state index >= 15 is 0 Å². The quantitative estimate of drug-likeness (QED) is 0.0404. The first-order valence-corrected chi connectivity index (χ1v) is 16.8. The number of carboxylic acid groups (broad SMARTS) is 1. The molecule has 1 amide bonds. The molecule has 0 aromatic heterocycles. The van der Waals surface area contributed by atoms with E-state index in [9.17, 15) is 27.7 Å². The molecule has 8 N–H and O–H groups in total. The van der Waals surface area contributed by atoms with Crippen molar-refractivity contribution in [3.05, 3.63) is 126 Å². The minimum absolute atomic E-state index is 0. The Hall–Kier alpha value is -6.37. The van der Waals surface area contributed by atoms with Crippen LogP contribution in [-0.2, 0) is 10.1 Å². The van der Waals surface area contributed by atoms with E-state index in [0.717, 1.165) is 0 Å². The number of phenols is 1. The summed E-state index contributed by atoms with van der Waals surface area (Å²) in [6.45, 7) is 0. The number of nitrogens with zero attached hydrogens (tertiary/aromatic N) is 6. The van der Waals surface area contributed by atoms with Crippen molar-refractivity contribution in [3.63, 3.8) is 0 Å². The Morgan fingerprint density at radius 1 is 0.630 bits per heavy atom. The zero-order valence-corrected chi connectivity index (χ0v) is 31.0. The normalized spacial score (nSPS) is 11.6. The van der Waals surface area contributed by atoms with Crippen LogP contribution in [0.1, 0.15) is 20.7 Å². The van der Waals surface area contributed by atoms with Gasteiger partial charge >= 0.3 is 35.5 Å². The van der Waals surface area contributed by atoms with Gasteiger partial charge in [-0.25, -0.2) is 4.79 Å². The molecule has 0 saturated carbocycles. The van der Waals surface area contributed by atoms with Gasteiger partial charge in [0.1, 0.15) is 22.7 Å². The number of anilines is 3. The molecule has 0 spiro atoms. The number of rotatable bonds is 10. The second kappa shape index (κ2) is 16.5. The van der Waals surface area contributed by atoms with Gasteiger partial charge in [-0.3, -0.25) is 9.35 Å². The van der Waals surface area contributed by atoms with E-state index in [4.69, 9.17) is 16.6 Å². The maximum atomic E-state index is 12.9. The number of benzene rings is 6. The zero-order chi connectivity index (χ0) is 37.7. The molecule has 0 radical (unpaired) electrons. The molecule has 6 aromatic carbocycles. The number of amides is 1. The first kappa shape index (κ1) is 38.9. The molecule has 54 heavy (non-hydrogen) atoms. The smallest absolute Gasteiger partial charge is 0.507 e. The van der Waals surface area contributed by atoms with Crippen LogP contribution in [0.2, 0.25) is 0 Å². The van der Waals surface area contributed by atoms with Gasteiger partial charge in [0.2, 0.25) is 0 Å². The molecular formula is C36H27N9NaO7S+. The molecule has 6 aromatic rings. The zero-order valence-electron chi connectivity index (χ0n) is 28.2. The van der Waals surface area contributed by atoms with Gasteiger partial charge in [0.05, 0.1) is 39.0 Å². The summed E-state index contributed by atoms with van der Waals surface area (Å²) in [5.74, 6) is -2.05. The van der Waals surface area contributed by atoms with Gasteiger partial charge < -0.3 is 27.0 Å². The number of carbonyl (C=O) groups excluding carboxylic acids is 1. The summed E-state index contributed by atoms with van der Waals surface area (Å²) in [4.78, 5) is 23.9.